The zero-order valence-corrected chi connectivity index (χ0v) is 21.1. The molecule has 0 aliphatic heterocycles. The molecule has 0 bridgehead atoms. The molecule has 37 heavy (non-hydrogen) atoms. The second kappa shape index (κ2) is 10.3. The molecule has 0 unspecified atom stereocenters. The van der Waals surface area contributed by atoms with Crippen LogP contribution in [-0.4, -0.2) is 40.5 Å². The van der Waals surface area contributed by atoms with Gasteiger partial charge in [-0.1, -0.05) is 55.3 Å². The first-order valence-electron chi connectivity index (χ1n) is 11.9. The molecule has 5 rings (SSSR count). The summed E-state index contributed by atoms with van der Waals surface area (Å²) in [5, 5.41) is 14.6. The molecule has 186 valence electrons. The molecular formula is C27H24ClN7O2. The molecule has 5 aromatic rings. The third kappa shape index (κ3) is 4.73. The standard InChI is InChI=1S/C27H24ClN7O2/c1-3-5-20-16-35(25-21(17(2)36)6-4-7-24(25)28)27(37)34(20)15-18-8-10-19(11-9-18)22-12-13-29-14-23(22)26-30-32-33-31-26/h4,6-14,16H,3,5,15H2,1-2H3,(H,30,31,32,33). The molecule has 3 aromatic heterocycles. The lowest BCUT2D eigenvalue weighted by atomic mass is 10.00. The van der Waals surface area contributed by atoms with Gasteiger partial charge in [-0.3, -0.25) is 18.9 Å². The number of aromatic nitrogens is 7. The number of benzene rings is 2. The number of nitrogens with zero attached hydrogens (tertiary/aromatic N) is 6. The summed E-state index contributed by atoms with van der Waals surface area (Å²) in [5.74, 6) is 0.315. The topological polar surface area (TPSA) is 111 Å². The van der Waals surface area contributed by atoms with E-state index in [1.54, 1.807) is 41.4 Å². The van der Waals surface area contributed by atoms with E-state index in [2.05, 4.69) is 32.5 Å². The molecule has 10 heteroatoms. The van der Waals surface area contributed by atoms with Crippen LogP contribution in [-0.2, 0) is 13.0 Å². The first kappa shape index (κ1) is 24.3. The molecule has 0 aliphatic rings. The molecule has 0 saturated carbocycles. The van der Waals surface area contributed by atoms with E-state index in [-0.39, 0.29) is 11.5 Å². The average Bonchev–Trinajstić information content (AvgIpc) is 3.54. The number of carbonyl (C=O) groups excluding carboxylic acids is 1. The highest BCUT2D eigenvalue weighted by atomic mass is 35.5. The lowest BCUT2D eigenvalue weighted by Crippen LogP contribution is -2.25. The van der Waals surface area contributed by atoms with Gasteiger partial charge < -0.3 is 0 Å². The van der Waals surface area contributed by atoms with Gasteiger partial charge in [0.25, 0.3) is 0 Å². The van der Waals surface area contributed by atoms with Crippen LogP contribution in [0, 0.1) is 0 Å². The molecule has 0 aliphatic carbocycles. The first-order chi connectivity index (χ1) is 18.0. The number of Topliss-reactive ketones (excluding diaryl/α,β-unsaturated/α-hetero) is 1. The van der Waals surface area contributed by atoms with Crippen LogP contribution in [0.2, 0.25) is 5.02 Å². The Labute approximate surface area is 217 Å². The molecular weight excluding hydrogens is 490 g/mol. The van der Waals surface area contributed by atoms with E-state index in [1.807, 2.05) is 30.3 Å². The van der Waals surface area contributed by atoms with Crippen LogP contribution in [0.3, 0.4) is 0 Å². The number of aryl methyl sites for hydroxylation is 1. The number of halogens is 1. The lowest BCUT2D eigenvalue weighted by molar-refractivity contribution is 0.101. The number of rotatable bonds is 8. The van der Waals surface area contributed by atoms with E-state index < -0.39 is 0 Å². The molecule has 0 atom stereocenters. The zero-order valence-electron chi connectivity index (χ0n) is 20.3. The Morgan fingerprint density at radius 3 is 2.59 bits per heavy atom. The summed E-state index contributed by atoms with van der Waals surface area (Å²) in [6.07, 6.45) is 6.80. The van der Waals surface area contributed by atoms with E-state index in [4.69, 9.17) is 11.6 Å². The number of aromatic amines is 1. The Morgan fingerprint density at radius 2 is 1.89 bits per heavy atom. The van der Waals surface area contributed by atoms with Gasteiger partial charge in [0.1, 0.15) is 0 Å². The fourth-order valence-corrected chi connectivity index (χ4v) is 4.69. The van der Waals surface area contributed by atoms with Crippen LogP contribution in [0.25, 0.3) is 28.2 Å². The van der Waals surface area contributed by atoms with Gasteiger partial charge in [0.15, 0.2) is 5.78 Å². The number of para-hydroxylation sites is 1. The number of hydrogen-bond donors (Lipinski definition) is 1. The summed E-state index contributed by atoms with van der Waals surface area (Å²) in [6.45, 7) is 3.92. The normalized spacial score (nSPS) is 11.1. The Balaban J connectivity index is 1.51. The summed E-state index contributed by atoms with van der Waals surface area (Å²) in [5.41, 5.74) is 5.08. The van der Waals surface area contributed by atoms with Crippen molar-refractivity contribution in [3.63, 3.8) is 0 Å². The number of imidazole rings is 1. The highest BCUT2D eigenvalue weighted by molar-refractivity contribution is 6.33. The van der Waals surface area contributed by atoms with Crippen molar-refractivity contribution in [2.75, 3.05) is 0 Å². The molecule has 3 heterocycles. The van der Waals surface area contributed by atoms with Crippen molar-refractivity contribution in [1.29, 1.82) is 0 Å². The molecule has 0 spiro atoms. The maximum atomic E-state index is 13.6. The first-order valence-corrected chi connectivity index (χ1v) is 12.2. The van der Waals surface area contributed by atoms with Gasteiger partial charge in [-0.2, -0.15) is 5.21 Å². The predicted octanol–water partition coefficient (Wildman–Crippen LogP) is 4.74. The molecule has 0 radical (unpaired) electrons. The van der Waals surface area contributed by atoms with Crippen LogP contribution >= 0.6 is 11.6 Å². The highest BCUT2D eigenvalue weighted by Gasteiger charge is 2.19. The number of H-pyrrole nitrogens is 1. The summed E-state index contributed by atoms with van der Waals surface area (Å²) < 4.78 is 3.23. The fourth-order valence-electron chi connectivity index (χ4n) is 4.43. The second-order valence-electron chi connectivity index (χ2n) is 8.65. The summed E-state index contributed by atoms with van der Waals surface area (Å²) in [4.78, 5) is 30.0. The van der Waals surface area contributed by atoms with Crippen molar-refractivity contribution >= 4 is 17.4 Å². The Bertz CT molecular complexity index is 1620. The van der Waals surface area contributed by atoms with E-state index in [1.165, 1.54) is 11.5 Å². The smallest absolute Gasteiger partial charge is 0.294 e. The van der Waals surface area contributed by atoms with Crippen molar-refractivity contribution in [2.45, 2.75) is 33.2 Å². The van der Waals surface area contributed by atoms with Crippen LogP contribution in [0.15, 0.2) is 71.9 Å². The second-order valence-corrected chi connectivity index (χ2v) is 9.06. The molecule has 9 nitrogen and oxygen atoms in total. The van der Waals surface area contributed by atoms with Gasteiger partial charge in [-0.05, 0) is 53.4 Å². The van der Waals surface area contributed by atoms with Crippen LogP contribution in [0.4, 0.5) is 0 Å². The van der Waals surface area contributed by atoms with Crippen LogP contribution in [0.5, 0.6) is 0 Å². The summed E-state index contributed by atoms with van der Waals surface area (Å²) in [6, 6.07) is 15.0. The Morgan fingerprint density at radius 1 is 1.08 bits per heavy atom. The zero-order chi connectivity index (χ0) is 25.9. The number of nitrogens with one attached hydrogen (secondary N) is 1. The van der Waals surface area contributed by atoms with Gasteiger partial charge in [0.2, 0.25) is 5.82 Å². The van der Waals surface area contributed by atoms with Gasteiger partial charge in [0.05, 0.1) is 17.3 Å². The quantitative estimate of drug-likeness (QED) is 0.300. The van der Waals surface area contributed by atoms with Gasteiger partial charge in [-0.15, -0.1) is 10.2 Å². The van der Waals surface area contributed by atoms with Gasteiger partial charge in [-0.25, -0.2) is 4.79 Å². The molecule has 0 amide bonds. The van der Waals surface area contributed by atoms with E-state index in [9.17, 15) is 9.59 Å². The lowest BCUT2D eigenvalue weighted by Gasteiger charge is -2.10. The van der Waals surface area contributed by atoms with Gasteiger partial charge >= 0.3 is 5.69 Å². The molecule has 0 fully saturated rings. The number of tetrazole rings is 1. The molecule has 2 aromatic carbocycles. The number of pyridine rings is 1. The summed E-state index contributed by atoms with van der Waals surface area (Å²) in [7, 11) is 0. The minimum atomic E-state index is -0.239. The number of ketones is 1. The predicted molar refractivity (Wildman–Crippen MR) is 141 cm³/mol. The fraction of sp³-hybridized carbons (Fsp3) is 0.185. The monoisotopic (exact) mass is 513 g/mol. The SMILES string of the molecule is CCCc1cn(-c2c(Cl)cccc2C(C)=O)c(=O)n1Cc1ccc(-c2ccncc2-c2nn[nH]n2)cc1. The highest BCUT2D eigenvalue weighted by Crippen LogP contribution is 2.29. The van der Waals surface area contributed by atoms with Crippen LogP contribution < -0.4 is 5.69 Å². The molecule has 0 saturated heterocycles. The number of hydrogen-bond acceptors (Lipinski definition) is 6. The summed E-state index contributed by atoms with van der Waals surface area (Å²) >= 11 is 6.46. The largest absolute Gasteiger partial charge is 0.333 e. The Hall–Kier alpha value is -4.37. The van der Waals surface area contributed by atoms with Crippen molar-refractivity contribution in [1.82, 2.24) is 34.7 Å². The minimum Gasteiger partial charge on any atom is -0.294 e. The maximum Gasteiger partial charge on any atom is 0.333 e. The Kier molecular flexibility index (Phi) is 6.78. The van der Waals surface area contributed by atoms with Crippen molar-refractivity contribution in [3.8, 4) is 28.2 Å². The van der Waals surface area contributed by atoms with E-state index in [0.717, 1.165) is 34.4 Å². The minimum absolute atomic E-state index is 0.152. The van der Waals surface area contributed by atoms with Crippen molar-refractivity contribution < 1.29 is 4.79 Å². The third-order valence-electron chi connectivity index (χ3n) is 6.19. The van der Waals surface area contributed by atoms with E-state index in [0.29, 0.717) is 35.1 Å². The third-order valence-corrected chi connectivity index (χ3v) is 6.49. The van der Waals surface area contributed by atoms with Crippen LogP contribution in [0.1, 0.15) is 41.9 Å². The van der Waals surface area contributed by atoms with E-state index >= 15 is 0 Å². The van der Waals surface area contributed by atoms with Crippen molar-refractivity contribution in [2.24, 2.45) is 0 Å². The molecule has 1 N–H and O–H groups in total. The maximum absolute atomic E-state index is 13.6. The van der Waals surface area contributed by atoms with Gasteiger partial charge in [0, 0.05) is 35.4 Å². The average molecular weight is 514 g/mol. The number of carbonyl (C=O) groups is 1. The van der Waals surface area contributed by atoms with Crippen molar-refractivity contribution in [3.05, 3.63) is 99.4 Å².